The van der Waals surface area contributed by atoms with E-state index in [9.17, 15) is 15.0 Å². The number of para-hydroxylation sites is 2. The number of Topliss-reactive ketones (excluding diaryl/α,β-unsaturated/α-hetero) is 1. The van der Waals surface area contributed by atoms with E-state index in [1.807, 2.05) is 42.5 Å². The molecule has 4 heteroatoms. The second-order valence-electron chi connectivity index (χ2n) is 6.96. The number of hydrogen-bond acceptors (Lipinski definition) is 4. The van der Waals surface area contributed by atoms with Crippen molar-refractivity contribution in [3.63, 3.8) is 0 Å². The lowest BCUT2D eigenvalue weighted by molar-refractivity contribution is -0.115. The Hall–Kier alpha value is -3.40. The predicted molar refractivity (Wildman–Crippen MR) is 111 cm³/mol. The summed E-state index contributed by atoms with van der Waals surface area (Å²) in [6, 6.07) is 20.7. The normalized spacial score (nSPS) is 17.9. The Morgan fingerprint density at radius 3 is 2.54 bits per heavy atom. The van der Waals surface area contributed by atoms with Crippen molar-refractivity contribution in [2.75, 3.05) is 0 Å². The number of hydrogen-bond donors (Lipinski definition) is 2. The van der Waals surface area contributed by atoms with E-state index in [4.69, 9.17) is 0 Å². The van der Waals surface area contributed by atoms with E-state index in [-0.39, 0.29) is 23.7 Å². The minimum Gasteiger partial charge on any atom is -0.511 e. The van der Waals surface area contributed by atoms with Gasteiger partial charge in [0.25, 0.3) is 0 Å². The van der Waals surface area contributed by atoms with E-state index in [0.717, 1.165) is 16.3 Å². The molecule has 0 heterocycles. The second-order valence-corrected chi connectivity index (χ2v) is 6.96. The molecule has 140 valence electrons. The van der Waals surface area contributed by atoms with Gasteiger partial charge in [0.15, 0.2) is 5.78 Å². The number of carbonyl (C=O) groups is 1. The molecule has 3 aromatic carbocycles. The molecule has 0 bridgehead atoms. The molecule has 2 N–H and O–H groups in total. The number of carbonyl (C=O) groups excluding carboxylic acids is 1. The molecule has 28 heavy (non-hydrogen) atoms. The van der Waals surface area contributed by atoms with Crippen LogP contribution in [0, 0.1) is 0 Å². The molecule has 0 saturated heterocycles. The summed E-state index contributed by atoms with van der Waals surface area (Å²) in [7, 11) is 0. The number of benzene rings is 3. The molecule has 0 unspecified atom stereocenters. The fourth-order valence-electron chi connectivity index (χ4n) is 3.69. The number of aliphatic imine (C=N–C) groups is 1. The van der Waals surface area contributed by atoms with Crippen LogP contribution in [0.3, 0.4) is 0 Å². The number of fused-ring (bicyclic) bond motifs is 1. The number of phenols is 1. The van der Waals surface area contributed by atoms with E-state index < -0.39 is 0 Å². The van der Waals surface area contributed by atoms with Gasteiger partial charge in [-0.1, -0.05) is 54.6 Å². The lowest BCUT2D eigenvalue weighted by Crippen LogP contribution is -2.21. The number of rotatable bonds is 3. The molecule has 1 aliphatic carbocycles. The maximum Gasteiger partial charge on any atom is 0.168 e. The zero-order valence-corrected chi connectivity index (χ0v) is 15.4. The van der Waals surface area contributed by atoms with E-state index in [1.54, 1.807) is 24.3 Å². The highest BCUT2D eigenvalue weighted by Crippen LogP contribution is 2.30. The molecule has 1 saturated carbocycles. The number of nitrogens with zero attached hydrogens (tertiary/aromatic N) is 1. The minimum absolute atomic E-state index is 0.0372. The van der Waals surface area contributed by atoms with Crippen molar-refractivity contribution in [2.45, 2.75) is 25.7 Å². The first-order chi connectivity index (χ1) is 13.6. The number of aromatic hydroxyl groups is 1. The molecular weight excluding hydrogens is 350 g/mol. The van der Waals surface area contributed by atoms with Gasteiger partial charge in [0.2, 0.25) is 0 Å². The Kier molecular flexibility index (Phi) is 4.94. The molecule has 0 spiro atoms. The van der Waals surface area contributed by atoms with E-state index in [2.05, 4.69) is 4.99 Å². The molecular formula is C24H21NO3. The van der Waals surface area contributed by atoms with Gasteiger partial charge < -0.3 is 10.2 Å². The summed E-state index contributed by atoms with van der Waals surface area (Å²) in [6.07, 6.45) is 1.95. The second kappa shape index (κ2) is 7.69. The average molecular weight is 371 g/mol. The highest BCUT2D eigenvalue weighted by molar-refractivity contribution is 6.24. The number of allylic oxidation sites excluding steroid dienone is 2. The molecule has 1 aliphatic rings. The SMILES string of the molecule is O=C1CCCC(=Nc2ccccc2O)C1=C(O)Cc1cccc2ccccc12. The Balaban J connectivity index is 1.77. The summed E-state index contributed by atoms with van der Waals surface area (Å²) in [5, 5.41) is 23.1. The highest BCUT2D eigenvalue weighted by atomic mass is 16.3. The first kappa shape index (κ1) is 18.0. The zero-order valence-electron chi connectivity index (χ0n) is 15.4. The summed E-state index contributed by atoms with van der Waals surface area (Å²) in [6.45, 7) is 0. The first-order valence-corrected chi connectivity index (χ1v) is 9.41. The van der Waals surface area contributed by atoms with Gasteiger partial charge in [-0.2, -0.15) is 0 Å². The molecule has 4 rings (SSSR count). The molecule has 0 radical (unpaired) electrons. The lowest BCUT2D eigenvalue weighted by atomic mass is 9.88. The van der Waals surface area contributed by atoms with Crippen molar-refractivity contribution in [3.05, 3.63) is 83.6 Å². The summed E-state index contributed by atoms with van der Waals surface area (Å²) in [5.41, 5.74) is 2.20. The molecule has 0 aromatic heterocycles. The third-order valence-corrected chi connectivity index (χ3v) is 5.05. The number of phenolic OH excluding ortho intramolecular Hbond substituents is 1. The molecule has 4 nitrogen and oxygen atoms in total. The summed E-state index contributed by atoms with van der Waals surface area (Å²) >= 11 is 0. The molecule has 0 atom stereocenters. The molecule has 1 fully saturated rings. The molecule has 0 amide bonds. The summed E-state index contributed by atoms with van der Waals surface area (Å²) in [4.78, 5) is 17.1. The van der Waals surface area contributed by atoms with Crippen molar-refractivity contribution < 1.29 is 15.0 Å². The van der Waals surface area contributed by atoms with Crippen molar-refractivity contribution in [1.29, 1.82) is 0 Å². The van der Waals surface area contributed by atoms with E-state index in [1.165, 1.54) is 0 Å². The zero-order chi connectivity index (χ0) is 19.5. The number of ketones is 1. The van der Waals surface area contributed by atoms with Crippen LogP contribution in [-0.4, -0.2) is 21.7 Å². The Bertz CT molecular complexity index is 1110. The van der Waals surface area contributed by atoms with Gasteiger partial charge in [0.1, 0.15) is 17.2 Å². The third kappa shape index (κ3) is 3.54. The Labute approximate surface area is 163 Å². The van der Waals surface area contributed by atoms with Gasteiger partial charge in [-0.05, 0) is 41.3 Å². The monoisotopic (exact) mass is 371 g/mol. The maximum atomic E-state index is 12.6. The highest BCUT2D eigenvalue weighted by Gasteiger charge is 2.26. The van der Waals surface area contributed by atoms with Crippen molar-refractivity contribution in [3.8, 4) is 5.75 Å². The largest absolute Gasteiger partial charge is 0.511 e. The van der Waals surface area contributed by atoms with Crippen LogP contribution < -0.4 is 0 Å². The fourth-order valence-corrected chi connectivity index (χ4v) is 3.69. The Morgan fingerprint density at radius 2 is 1.68 bits per heavy atom. The van der Waals surface area contributed by atoms with Crippen LogP contribution in [0.5, 0.6) is 5.75 Å². The van der Waals surface area contributed by atoms with Gasteiger partial charge in [0.05, 0.1) is 11.3 Å². The number of aliphatic hydroxyl groups is 1. The van der Waals surface area contributed by atoms with Crippen LogP contribution in [-0.2, 0) is 11.2 Å². The summed E-state index contributed by atoms with van der Waals surface area (Å²) in [5.74, 6) is -0.00528. The van der Waals surface area contributed by atoms with Gasteiger partial charge in [-0.3, -0.25) is 4.79 Å². The minimum atomic E-state index is -0.0989. The van der Waals surface area contributed by atoms with E-state index >= 15 is 0 Å². The smallest absolute Gasteiger partial charge is 0.168 e. The molecule has 0 aliphatic heterocycles. The third-order valence-electron chi connectivity index (χ3n) is 5.05. The first-order valence-electron chi connectivity index (χ1n) is 9.41. The Morgan fingerprint density at radius 1 is 0.929 bits per heavy atom. The van der Waals surface area contributed by atoms with Crippen molar-refractivity contribution >= 4 is 28.0 Å². The maximum absolute atomic E-state index is 12.6. The summed E-state index contributed by atoms with van der Waals surface area (Å²) < 4.78 is 0. The van der Waals surface area contributed by atoms with Gasteiger partial charge in [0, 0.05) is 12.8 Å². The van der Waals surface area contributed by atoms with Crippen molar-refractivity contribution in [1.82, 2.24) is 0 Å². The van der Waals surface area contributed by atoms with Crippen molar-refractivity contribution in [2.24, 2.45) is 4.99 Å². The number of aliphatic hydroxyl groups excluding tert-OH is 1. The van der Waals surface area contributed by atoms with Gasteiger partial charge in [-0.25, -0.2) is 4.99 Å². The van der Waals surface area contributed by atoms with Crippen LogP contribution >= 0.6 is 0 Å². The van der Waals surface area contributed by atoms with Crippen LogP contribution in [0.15, 0.2) is 83.1 Å². The fraction of sp³-hybridized carbons (Fsp3) is 0.167. The standard InChI is InChI=1S/C24H21NO3/c26-21-13-4-3-11-19(21)25-20-12-6-14-22(27)24(20)23(28)15-17-9-5-8-16-7-1-2-10-18(16)17/h1-5,7-11,13,26,28H,6,12,14-15H2. The van der Waals surface area contributed by atoms with Gasteiger partial charge in [-0.15, -0.1) is 0 Å². The van der Waals surface area contributed by atoms with Crippen LogP contribution in [0.1, 0.15) is 24.8 Å². The van der Waals surface area contributed by atoms with Crippen LogP contribution in [0.4, 0.5) is 5.69 Å². The van der Waals surface area contributed by atoms with E-state index in [0.29, 0.717) is 36.2 Å². The predicted octanol–water partition coefficient (Wildman–Crippen LogP) is 5.43. The van der Waals surface area contributed by atoms with Crippen LogP contribution in [0.25, 0.3) is 10.8 Å². The topological polar surface area (TPSA) is 69.9 Å². The molecule has 3 aromatic rings. The lowest BCUT2D eigenvalue weighted by Gasteiger charge is -2.18. The van der Waals surface area contributed by atoms with Gasteiger partial charge >= 0.3 is 0 Å². The average Bonchev–Trinajstić information content (AvgIpc) is 2.70. The van der Waals surface area contributed by atoms with Crippen LogP contribution in [0.2, 0.25) is 0 Å². The quantitative estimate of drug-likeness (QED) is 0.477.